The molecule has 1 aromatic carbocycles. The number of hydrogen-bond acceptors (Lipinski definition) is 5. The highest BCUT2D eigenvalue weighted by molar-refractivity contribution is 5.69. The van der Waals surface area contributed by atoms with Crippen LogP contribution in [0.2, 0.25) is 0 Å². The van der Waals surface area contributed by atoms with Crippen molar-refractivity contribution in [3.05, 3.63) is 41.2 Å². The Morgan fingerprint density at radius 1 is 1.25 bits per heavy atom. The Labute approximate surface area is 166 Å². The molecule has 1 saturated heterocycles. The van der Waals surface area contributed by atoms with Gasteiger partial charge in [0.25, 0.3) is 0 Å². The van der Waals surface area contributed by atoms with E-state index in [1.807, 2.05) is 6.92 Å². The molecule has 1 aliphatic rings. The minimum absolute atomic E-state index is 0.321. The Kier molecular flexibility index (Phi) is 6.44. The molecule has 2 heterocycles. The van der Waals surface area contributed by atoms with Crippen LogP contribution in [0.4, 0.5) is 0 Å². The topological polar surface area (TPSA) is 94.6 Å². The average molecular weight is 386 g/mol. The first-order chi connectivity index (χ1) is 13.4. The molecule has 1 aliphatic heterocycles. The summed E-state index contributed by atoms with van der Waals surface area (Å²) in [5.41, 5.74) is 2.48. The van der Waals surface area contributed by atoms with E-state index in [-0.39, 0.29) is 5.92 Å². The number of benzene rings is 1. The summed E-state index contributed by atoms with van der Waals surface area (Å²) in [7, 11) is 4.59. The highest BCUT2D eigenvalue weighted by Crippen LogP contribution is 2.32. The number of likely N-dealkylation sites (tertiary alicyclic amines) is 1. The summed E-state index contributed by atoms with van der Waals surface area (Å²) in [6.07, 6.45) is 4.31. The molecule has 0 radical (unpaired) electrons. The molecule has 0 aliphatic carbocycles. The van der Waals surface area contributed by atoms with Crippen molar-refractivity contribution < 1.29 is 14.4 Å². The van der Waals surface area contributed by atoms with Gasteiger partial charge in [0.05, 0.1) is 27.2 Å². The lowest BCUT2D eigenvalue weighted by atomic mass is 9.82. The van der Waals surface area contributed by atoms with Crippen molar-refractivity contribution in [2.75, 3.05) is 27.2 Å². The number of aromatic nitrogens is 4. The van der Waals surface area contributed by atoms with Gasteiger partial charge in [-0.3, -0.25) is 0 Å². The molecule has 28 heavy (non-hydrogen) atoms. The number of rotatable bonds is 8. The van der Waals surface area contributed by atoms with Crippen molar-refractivity contribution in [3.8, 4) is 0 Å². The number of H-pyrrole nitrogens is 1. The molecular formula is C21H31N5O2. The lowest BCUT2D eigenvalue weighted by Crippen LogP contribution is -2.45. The molecule has 2 aromatic rings. The van der Waals surface area contributed by atoms with E-state index in [4.69, 9.17) is 0 Å². The number of piperidine rings is 1. The van der Waals surface area contributed by atoms with Crippen LogP contribution in [-0.4, -0.2) is 58.3 Å². The van der Waals surface area contributed by atoms with Gasteiger partial charge in [-0.15, -0.1) is 5.10 Å². The van der Waals surface area contributed by atoms with Crippen LogP contribution >= 0.6 is 0 Å². The monoisotopic (exact) mass is 385 g/mol. The molecule has 0 bridgehead atoms. The van der Waals surface area contributed by atoms with Crippen molar-refractivity contribution in [3.63, 3.8) is 0 Å². The summed E-state index contributed by atoms with van der Waals surface area (Å²) in [4.78, 5) is 11.7. The molecule has 152 valence electrons. The fourth-order valence-electron chi connectivity index (χ4n) is 4.33. The van der Waals surface area contributed by atoms with Crippen LogP contribution in [0.1, 0.15) is 61.4 Å². The first kappa shape index (κ1) is 20.5. The van der Waals surface area contributed by atoms with Crippen LogP contribution in [-0.2, 0) is 11.2 Å². The molecule has 7 nitrogen and oxygen atoms in total. The van der Waals surface area contributed by atoms with Gasteiger partial charge in [0.2, 0.25) is 0 Å². The highest BCUT2D eigenvalue weighted by atomic mass is 16.4. The van der Waals surface area contributed by atoms with E-state index in [0.717, 1.165) is 16.5 Å². The molecule has 7 heteroatoms. The molecule has 1 unspecified atom stereocenters. The summed E-state index contributed by atoms with van der Waals surface area (Å²) < 4.78 is 1.10. The minimum atomic E-state index is -1.04. The van der Waals surface area contributed by atoms with Gasteiger partial charge in [0, 0.05) is 30.6 Å². The number of carboxylic acids is 1. The lowest BCUT2D eigenvalue weighted by molar-refractivity contribution is -0.895. The maximum atomic E-state index is 11.7. The van der Waals surface area contributed by atoms with Crippen molar-refractivity contribution in [2.45, 2.75) is 50.9 Å². The number of quaternary nitrogens is 1. The summed E-state index contributed by atoms with van der Waals surface area (Å²) in [5.74, 6) is -0.844. The van der Waals surface area contributed by atoms with E-state index < -0.39 is 11.9 Å². The van der Waals surface area contributed by atoms with Crippen LogP contribution in [0.15, 0.2) is 24.3 Å². The number of carboxylic acid groups (broad SMARTS) is 1. The predicted octanol–water partition coefficient (Wildman–Crippen LogP) is 1.65. The maximum absolute atomic E-state index is 11.7. The number of aliphatic carboxylic acids is 1. The smallest absolute Gasteiger partial charge is 0.152 e. The van der Waals surface area contributed by atoms with Gasteiger partial charge < -0.3 is 14.4 Å². The molecular weight excluding hydrogens is 354 g/mol. The van der Waals surface area contributed by atoms with Gasteiger partial charge in [0.1, 0.15) is 0 Å². The lowest BCUT2D eigenvalue weighted by Gasteiger charge is -2.37. The van der Waals surface area contributed by atoms with Crippen molar-refractivity contribution in [1.82, 2.24) is 20.6 Å². The SMILES string of the molecule is CCCC(C(=O)[O-])[C@H](Cc1ccc(C2CC[N+](C)(C)CC2)cc1)c1nnn[nH]1. The largest absolute Gasteiger partial charge is 0.550 e. The second-order valence-corrected chi connectivity index (χ2v) is 8.71. The van der Waals surface area contributed by atoms with E-state index in [0.29, 0.717) is 24.6 Å². The van der Waals surface area contributed by atoms with Crippen LogP contribution in [0, 0.1) is 5.92 Å². The first-order valence-electron chi connectivity index (χ1n) is 10.2. The third kappa shape index (κ3) is 4.95. The molecule has 0 spiro atoms. The van der Waals surface area contributed by atoms with E-state index in [1.165, 1.54) is 31.5 Å². The maximum Gasteiger partial charge on any atom is 0.152 e. The van der Waals surface area contributed by atoms with Gasteiger partial charge in [0.15, 0.2) is 5.82 Å². The molecule has 1 aromatic heterocycles. The van der Waals surface area contributed by atoms with Crippen molar-refractivity contribution in [1.29, 1.82) is 0 Å². The van der Waals surface area contributed by atoms with Gasteiger partial charge in [-0.1, -0.05) is 37.6 Å². The standard InChI is InChI=1S/C21H31N5O2/c1-4-5-18(21(27)28)19(20-22-24-25-23-20)14-15-6-8-16(9-7-15)17-10-12-26(2,3)13-11-17/h6-9,17-19H,4-5,10-14H2,1-3H3,(H-,22,23,24,25,27,28)/t18?,19-/m0/s1. The quantitative estimate of drug-likeness (QED) is 0.697. The summed E-state index contributed by atoms with van der Waals surface area (Å²) in [6, 6.07) is 8.65. The second kappa shape index (κ2) is 8.82. The first-order valence-corrected chi connectivity index (χ1v) is 10.2. The third-order valence-corrected chi connectivity index (χ3v) is 6.17. The molecule has 1 fully saturated rings. The summed E-state index contributed by atoms with van der Waals surface area (Å²) in [5, 5.41) is 25.8. The number of carbonyl (C=O) groups excluding carboxylic acids is 1. The van der Waals surface area contributed by atoms with Crippen molar-refractivity contribution in [2.24, 2.45) is 5.92 Å². The Hall–Kier alpha value is -2.28. The van der Waals surface area contributed by atoms with Crippen LogP contribution < -0.4 is 5.11 Å². The third-order valence-electron chi connectivity index (χ3n) is 6.17. The number of aromatic amines is 1. The van der Waals surface area contributed by atoms with E-state index >= 15 is 0 Å². The summed E-state index contributed by atoms with van der Waals surface area (Å²) in [6.45, 7) is 4.39. The van der Waals surface area contributed by atoms with E-state index in [2.05, 4.69) is 59.0 Å². The minimum Gasteiger partial charge on any atom is -0.550 e. The highest BCUT2D eigenvalue weighted by Gasteiger charge is 2.28. The number of carbonyl (C=O) groups is 1. The zero-order valence-corrected chi connectivity index (χ0v) is 17.1. The fourth-order valence-corrected chi connectivity index (χ4v) is 4.33. The Bertz CT molecular complexity index is 748. The van der Waals surface area contributed by atoms with Gasteiger partial charge in [-0.25, -0.2) is 5.10 Å². The Morgan fingerprint density at radius 3 is 2.46 bits per heavy atom. The van der Waals surface area contributed by atoms with Crippen LogP contribution in [0.25, 0.3) is 0 Å². The van der Waals surface area contributed by atoms with Gasteiger partial charge >= 0.3 is 0 Å². The molecule has 0 amide bonds. The zero-order valence-electron chi connectivity index (χ0n) is 17.1. The summed E-state index contributed by atoms with van der Waals surface area (Å²) >= 11 is 0. The molecule has 1 N–H and O–H groups in total. The van der Waals surface area contributed by atoms with Crippen LogP contribution in [0.3, 0.4) is 0 Å². The van der Waals surface area contributed by atoms with Gasteiger partial charge in [-0.05, 0) is 40.3 Å². The number of tetrazole rings is 1. The normalized spacial score (nSPS) is 19.2. The number of nitrogens with zero attached hydrogens (tertiary/aromatic N) is 4. The van der Waals surface area contributed by atoms with E-state index in [1.54, 1.807) is 0 Å². The molecule has 3 rings (SSSR count). The van der Waals surface area contributed by atoms with Gasteiger partial charge in [-0.2, -0.15) is 0 Å². The van der Waals surface area contributed by atoms with E-state index in [9.17, 15) is 9.90 Å². The molecule has 0 saturated carbocycles. The zero-order chi connectivity index (χ0) is 20.1. The Morgan fingerprint density at radius 2 is 1.93 bits per heavy atom. The molecule has 2 atom stereocenters. The Balaban J connectivity index is 1.73. The number of hydrogen-bond donors (Lipinski definition) is 1. The predicted molar refractivity (Wildman–Crippen MR) is 104 cm³/mol. The number of nitrogens with one attached hydrogen (secondary N) is 1. The van der Waals surface area contributed by atoms with Crippen molar-refractivity contribution >= 4 is 5.97 Å². The fraction of sp³-hybridized carbons (Fsp3) is 0.619. The second-order valence-electron chi connectivity index (χ2n) is 8.71. The average Bonchev–Trinajstić information content (AvgIpc) is 3.19. The van der Waals surface area contributed by atoms with Crippen LogP contribution in [0.5, 0.6) is 0 Å².